The first-order chi connectivity index (χ1) is 11.7. The molecule has 24 heavy (non-hydrogen) atoms. The van der Waals surface area contributed by atoms with Crippen LogP contribution in [0.15, 0.2) is 34.9 Å². The van der Waals surface area contributed by atoms with E-state index in [0.717, 1.165) is 24.2 Å². The number of nitrogens with one attached hydrogen (secondary N) is 1. The average molecular weight is 326 g/mol. The number of oxazole rings is 1. The molecule has 0 unspecified atom stereocenters. The molecule has 0 saturated heterocycles. The van der Waals surface area contributed by atoms with Gasteiger partial charge in [0.25, 0.3) is 0 Å². The van der Waals surface area contributed by atoms with E-state index < -0.39 is 0 Å². The average Bonchev–Trinajstić information content (AvgIpc) is 2.91. The number of amides is 1. The van der Waals surface area contributed by atoms with Gasteiger partial charge in [-0.1, -0.05) is 55.5 Å². The third-order valence-electron chi connectivity index (χ3n) is 4.68. The maximum atomic E-state index is 12.1. The zero-order valence-electron chi connectivity index (χ0n) is 14.4. The van der Waals surface area contributed by atoms with Crippen LogP contribution in [0.3, 0.4) is 0 Å². The SMILES string of the molecule is Cc1ccc(-c2cnc(CCC(=O)NC3CCCCCC3)o2)cc1. The summed E-state index contributed by atoms with van der Waals surface area (Å²) in [6, 6.07) is 8.51. The number of aromatic nitrogens is 1. The zero-order valence-corrected chi connectivity index (χ0v) is 14.4. The first kappa shape index (κ1) is 16.7. The van der Waals surface area contributed by atoms with E-state index in [1.54, 1.807) is 6.20 Å². The lowest BCUT2D eigenvalue weighted by Crippen LogP contribution is -2.34. The number of aryl methyl sites for hydroxylation is 2. The lowest BCUT2D eigenvalue weighted by molar-refractivity contribution is -0.121. The van der Waals surface area contributed by atoms with E-state index in [1.165, 1.54) is 31.2 Å². The highest BCUT2D eigenvalue weighted by atomic mass is 16.4. The Balaban J connectivity index is 1.49. The second-order valence-electron chi connectivity index (χ2n) is 6.74. The minimum Gasteiger partial charge on any atom is -0.441 e. The highest BCUT2D eigenvalue weighted by molar-refractivity contribution is 5.76. The fraction of sp³-hybridized carbons (Fsp3) is 0.500. The Morgan fingerprint density at radius 2 is 1.88 bits per heavy atom. The number of carbonyl (C=O) groups excluding carboxylic acids is 1. The van der Waals surface area contributed by atoms with Gasteiger partial charge in [0, 0.05) is 24.4 Å². The van der Waals surface area contributed by atoms with Crippen molar-refractivity contribution in [1.82, 2.24) is 10.3 Å². The van der Waals surface area contributed by atoms with Gasteiger partial charge >= 0.3 is 0 Å². The van der Waals surface area contributed by atoms with Gasteiger partial charge in [0.05, 0.1) is 6.20 Å². The first-order valence-electron chi connectivity index (χ1n) is 9.02. The van der Waals surface area contributed by atoms with E-state index in [0.29, 0.717) is 24.8 Å². The van der Waals surface area contributed by atoms with Crippen molar-refractivity contribution in [3.05, 3.63) is 41.9 Å². The highest BCUT2D eigenvalue weighted by Crippen LogP contribution is 2.21. The summed E-state index contributed by atoms with van der Waals surface area (Å²) in [6.07, 6.45) is 9.99. The van der Waals surface area contributed by atoms with Gasteiger partial charge in [-0.2, -0.15) is 0 Å². The standard InChI is InChI=1S/C20H26N2O2/c1-15-8-10-16(11-9-15)18-14-21-20(24-18)13-12-19(23)22-17-6-4-2-3-5-7-17/h8-11,14,17H,2-7,12-13H2,1H3,(H,22,23). The Morgan fingerprint density at radius 1 is 1.17 bits per heavy atom. The van der Waals surface area contributed by atoms with E-state index in [2.05, 4.69) is 29.4 Å². The molecule has 1 heterocycles. The molecule has 4 nitrogen and oxygen atoms in total. The van der Waals surface area contributed by atoms with Gasteiger partial charge in [0.15, 0.2) is 11.7 Å². The van der Waals surface area contributed by atoms with Crippen LogP contribution in [0.2, 0.25) is 0 Å². The van der Waals surface area contributed by atoms with Crippen molar-refractivity contribution in [3.8, 4) is 11.3 Å². The van der Waals surface area contributed by atoms with E-state index in [4.69, 9.17) is 4.42 Å². The lowest BCUT2D eigenvalue weighted by Gasteiger charge is -2.15. The van der Waals surface area contributed by atoms with Crippen LogP contribution in [-0.2, 0) is 11.2 Å². The maximum Gasteiger partial charge on any atom is 0.220 e. The van der Waals surface area contributed by atoms with Crippen LogP contribution in [0.1, 0.15) is 56.4 Å². The molecule has 1 amide bonds. The molecule has 1 fully saturated rings. The summed E-state index contributed by atoms with van der Waals surface area (Å²) in [5, 5.41) is 3.17. The normalized spacial score (nSPS) is 15.9. The molecule has 0 aliphatic heterocycles. The molecule has 2 aromatic rings. The monoisotopic (exact) mass is 326 g/mol. The number of hydrogen-bond donors (Lipinski definition) is 1. The molecule has 128 valence electrons. The van der Waals surface area contributed by atoms with Crippen molar-refractivity contribution in [2.24, 2.45) is 0 Å². The smallest absolute Gasteiger partial charge is 0.220 e. The van der Waals surface area contributed by atoms with Crippen molar-refractivity contribution in [1.29, 1.82) is 0 Å². The molecule has 0 atom stereocenters. The predicted molar refractivity (Wildman–Crippen MR) is 94.6 cm³/mol. The lowest BCUT2D eigenvalue weighted by atomic mass is 10.1. The quantitative estimate of drug-likeness (QED) is 0.827. The topological polar surface area (TPSA) is 55.1 Å². The predicted octanol–water partition coefficient (Wildman–Crippen LogP) is 4.42. The Kier molecular flexibility index (Phi) is 5.68. The number of carbonyl (C=O) groups is 1. The molecule has 1 aromatic heterocycles. The van der Waals surface area contributed by atoms with Crippen LogP contribution in [-0.4, -0.2) is 16.9 Å². The van der Waals surface area contributed by atoms with Gasteiger partial charge in [0.1, 0.15) is 0 Å². The summed E-state index contributed by atoms with van der Waals surface area (Å²) < 4.78 is 5.78. The van der Waals surface area contributed by atoms with Gasteiger partial charge in [-0.05, 0) is 19.8 Å². The zero-order chi connectivity index (χ0) is 16.8. The number of hydrogen-bond acceptors (Lipinski definition) is 3. The van der Waals surface area contributed by atoms with E-state index in [9.17, 15) is 4.79 Å². The van der Waals surface area contributed by atoms with Gasteiger partial charge in [0.2, 0.25) is 5.91 Å². The van der Waals surface area contributed by atoms with Gasteiger partial charge in [-0.15, -0.1) is 0 Å². The first-order valence-corrected chi connectivity index (χ1v) is 9.02. The van der Waals surface area contributed by atoms with E-state index in [-0.39, 0.29) is 5.91 Å². The number of rotatable bonds is 5. The Morgan fingerprint density at radius 3 is 2.58 bits per heavy atom. The second-order valence-corrected chi connectivity index (χ2v) is 6.74. The summed E-state index contributed by atoms with van der Waals surface area (Å²) in [5.74, 6) is 1.49. The summed E-state index contributed by atoms with van der Waals surface area (Å²) >= 11 is 0. The third kappa shape index (κ3) is 4.70. The van der Waals surface area contributed by atoms with Crippen molar-refractivity contribution >= 4 is 5.91 Å². The summed E-state index contributed by atoms with van der Waals surface area (Å²) in [5.41, 5.74) is 2.23. The van der Waals surface area contributed by atoms with Crippen molar-refractivity contribution in [2.75, 3.05) is 0 Å². The van der Waals surface area contributed by atoms with Crippen LogP contribution < -0.4 is 5.32 Å². The minimum atomic E-state index is 0.108. The van der Waals surface area contributed by atoms with Crippen molar-refractivity contribution < 1.29 is 9.21 Å². The van der Waals surface area contributed by atoms with Crippen molar-refractivity contribution in [2.45, 2.75) is 64.3 Å². The molecule has 1 N–H and O–H groups in total. The Hall–Kier alpha value is -2.10. The molecule has 1 aromatic carbocycles. The van der Waals surface area contributed by atoms with E-state index >= 15 is 0 Å². The molecular formula is C20H26N2O2. The molecule has 0 radical (unpaired) electrons. The van der Waals surface area contributed by atoms with Gasteiger partial charge < -0.3 is 9.73 Å². The minimum absolute atomic E-state index is 0.108. The molecule has 1 saturated carbocycles. The Labute approximate surface area is 143 Å². The van der Waals surface area contributed by atoms with Crippen molar-refractivity contribution in [3.63, 3.8) is 0 Å². The fourth-order valence-corrected chi connectivity index (χ4v) is 3.22. The van der Waals surface area contributed by atoms with E-state index in [1.807, 2.05) is 12.1 Å². The number of benzene rings is 1. The van der Waals surface area contributed by atoms with Crippen LogP contribution in [0.4, 0.5) is 0 Å². The van der Waals surface area contributed by atoms with Crippen LogP contribution in [0.25, 0.3) is 11.3 Å². The Bertz CT molecular complexity index is 653. The van der Waals surface area contributed by atoms with Crippen LogP contribution >= 0.6 is 0 Å². The maximum absolute atomic E-state index is 12.1. The summed E-state index contributed by atoms with van der Waals surface area (Å²) in [4.78, 5) is 16.4. The summed E-state index contributed by atoms with van der Waals surface area (Å²) in [6.45, 7) is 2.06. The molecule has 0 spiro atoms. The molecular weight excluding hydrogens is 300 g/mol. The largest absolute Gasteiger partial charge is 0.441 e. The molecule has 0 bridgehead atoms. The molecule has 1 aliphatic carbocycles. The molecule has 3 rings (SSSR count). The fourth-order valence-electron chi connectivity index (χ4n) is 3.22. The highest BCUT2D eigenvalue weighted by Gasteiger charge is 2.15. The number of nitrogens with zero attached hydrogens (tertiary/aromatic N) is 1. The third-order valence-corrected chi connectivity index (χ3v) is 4.68. The molecule has 4 heteroatoms. The second kappa shape index (κ2) is 8.13. The van der Waals surface area contributed by atoms with Crippen LogP contribution in [0.5, 0.6) is 0 Å². The van der Waals surface area contributed by atoms with Gasteiger partial charge in [-0.25, -0.2) is 4.98 Å². The van der Waals surface area contributed by atoms with Gasteiger partial charge in [-0.3, -0.25) is 4.79 Å². The van der Waals surface area contributed by atoms with Crippen LogP contribution in [0, 0.1) is 6.92 Å². The molecule has 1 aliphatic rings. The summed E-state index contributed by atoms with van der Waals surface area (Å²) in [7, 11) is 0.